The quantitative estimate of drug-likeness (QED) is 0.402. The Hall–Kier alpha value is -1.86. The number of hydrogen-bond donors (Lipinski definition) is 1. The maximum absolute atomic E-state index is 12.5. The van der Waals surface area contributed by atoms with Gasteiger partial charge in [0.2, 0.25) is 0 Å². The summed E-state index contributed by atoms with van der Waals surface area (Å²) >= 11 is 3.92. The van der Waals surface area contributed by atoms with Gasteiger partial charge in [-0.3, -0.25) is 4.79 Å². The first-order valence-electron chi connectivity index (χ1n) is 7.82. The van der Waals surface area contributed by atoms with Gasteiger partial charge in [-0.05, 0) is 83.1 Å². The SMILES string of the molecule is Cc1cc(I)ccc1NC(=O)c1cccc(CSc2ccccn2)c1. The predicted octanol–water partition coefficient (Wildman–Crippen LogP) is 5.54. The van der Waals surface area contributed by atoms with E-state index < -0.39 is 0 Å². The zero-order valence-electron chi connectivity index (χ0n) is 13.7. The molecule has 1 N–H and O–H groups in total. The summed E-state index contributed by atoms with van der Waals surface area (Å²) in [5.74, 6) is 0.690. The van der Waals surface area contributed by atoms with Crippen molar-refractivity contribution in [3.05, 3.63) is 87.1 Å². The standard InChI is InChI=1S/C20H17IN2OS/c1-14-11-17(21)8-9-18(14)23-20(24)16-6-4-5-15(12-16)13-25-19-7-2-3-10-22-19/h2-12H,13H2,1H3,(H,23,24). The highest BCUT2D eigenvalue weighted by Gasteiger charge is 2.09. The summed E-state index contributed by atoms with van der Waals surface area (Å²) in [7, 11) is 0. The molecule has 1 amide bonds. The van der Waals surface area contributed by atoms with E-state index >= 15 is 0 Å². The van der Waals surface area contributed by atoms with E-state index in [2.05, 4.69) is 39.0 Å². The van der Waals surface area contributed by atoms with Crippen LogP contribution in [0.4, 0.5) is 5.69 Å². The molecule has 0 radical (unpaired) electrons. The van der Waals surface area contributed by atoms with Gasteiger partial charge in [-0.1, -0.05) is 18.2 Å². The van der Waals surface area contributed by atoms with Gasteiger partial charge in [-0.2, -0.15) is 0 Å². The number of carbonyl (C=O) groups is 1. The average Bonchev–Trinajstić information content (AvgIpc) is 2.63. The van der Waals surface area contributed by atoms with Crippen molar-refractivity contribution in [1.29, 1.82) is 0 Å². The van der Waals surface area contributed by atoms with Gasteiger partial charge in [0.05, 0.1) is 5.03 Å². The zero-order chi connectivity index (χ0) is 17.6. The summed E-state index contributed by atoms with van der Waals surface area (Å²) in [5, 5.41) is 3.97. The van der Waals surface area contributed by atoms with E-state index in [0.717, 1.165) is 31.2 Å². The van der Waals surface area contributed by atoms with Gasteiger partial charge >= 0.3 is 0 Å². The number of carbonyl (C=O) groups excluding carboxylic acids is 1. The Balaban J connectivity index is 1.69. The lowest BCUT2D eigenvalue weighted by Gasteiger charge is -2.10. The molecule has 0 aliphatic heterocycles. The molecular formula is C20H17IN2OS. The number of aryl methyl sites for hydroxylation is 1. The topological polar surface area (TPSA) is 42.0 Å². The molecule has 0 spiro atoms. The highest BCUT2D eigenvalue weighted by molar-refractivity contribution is 14.1. The smallest absolute Gasteiger partial charge is 0.255 e. The number of rotatable bonds is 5. The van der Waals surface area contributed by atoms with E-state index in [1.165, 1.54) is 0 Å². The first-order chi connectivity index (χ1) is 12.1. The monoisotopic (exact) mass is 460 g/mol. The Bertz CT molecular complexity index is 884. The van der Waals surface area contributed by atoms with Crippen LogP contribution in [0.3, 0.4) is 0 Å². The molecule has 5 heteroatoms. The number of halogens is 1. The molecule has 0 bridgehead atoms. The Morgan fingerprint density at radius 2 is 2.00 bits per heavy atom. The van der Waals surface area contributed by atoms with Crippen molar-refractivity contribution in [3.63, 3.8) is 0 Å². The summed E-state index contributed by atoms with van der Waals surface area (Å²) in [6, 6.07) is 19.6. The molecule has 3 rings (SSSR count). The number of aromatic nitrogens is 1. The predicted molar refractivity (Wildman–Crippen MR) is 112 cm³/mol. The first-order valence-corrected chi connectivity index (χ1v) is 9.88. The fraction of sp³-hybridized carbons (Fsp3) is 0.100. The zero-order valence-corrected chi connectivity index (χ0v) is 16.7. The first kappa shape index (κ1) is 17.9. The van der Waals surface area contributed by atoms with Crippen LogP contribution < -0.4 is 5.32 Å². The molecule has 0 saturated carbocycles. The van der Waals surface area contributed by atoms with E-state index in [9.17, 15) is 4.79 Å². The summed E-state index contributed by atoms with van der Waals surface area (Å²) in [5.41, 5.74) is 3.67. The minimum atomic E-state index is -0.0889. The Labute approximate surface area is 165 Å². The van der Waals surface area contributed by atoms with Crippen LogP contribution in [0, 0.1) is 10.5 Å². The van der Waals surface area contributed by atoms with E-state index in [4.69, 9.17) is 0 Å². The third-order valence-corrected chi connectivity index (χ3v) is 5.34. The van der Waals surface area contributed by atoms with Crippen molar-refractivity contribution in [2.24, 2.45) is 0 Å². The fourth-order valence-electron chi connectivity index (χ4n) is 2.35. The normalized spacial score (nSPS) is 10.5. The lowest BCUT2D eigenvalue weighted by atomic mass is 10.1. The van der Waals surface area contributed by atoms with Gasteiger partial charge in [-0.15, -0.1) is 11.8 Å². The summed E-state index contributed by atoms with van der Waals surface area (Å²) in [6.45, 7) is 2.00. The Morgan fingerprint density at radius 1 is 1.12 bits per heavy atom. The fourth-order valence-corrected chi connectivity index (χ4v) is 3.81. The summed E-state index contributed by atoms with van der Waals surface area (Å²) in [6.07, 6.45) is 1.79. The van der Waals surface area contributed by atoms with Gasteiger partial charge in [0.25, 0.3) is 5.91 Å². The number of hydrogen-bond acceptors (Lipinski definition) is 3. The molecule has 3 nitrogen and oxygen atoms in total. The van der Waals surface area contributed by atoms with Gasteiger partial charge in [0, 0.05) is 26.8 Å². The van der Waals surface area contributed by atoms with Crippen LogP contribution in [0.2, 0.25) is 0 Å². The number of thioether (sulfide) groups is 1. The van der Waals surface area contributed by atoms with Gasteiger partial charge < -0.3 is 5.32 Å². The molecule has 0 aliphatic carbocycles. The maximum Gasteiger partial charge on any atom is 0.255 e. The minimum absolute atomic E-state index is 0.0889. The largest absolute Gasteiger partial charge is 0.322 e. The second-order valence-corrected chi connectivity index (χ2v) is 7.81. The maximum atomic E-state index is 12.5. The number of pyridine rings is 1. The number of benzene rings is 2. The molecule has 2 aromatic carbocycles. The molecule has 1 aromatic heterocycles. The average molecular weight is 460 g/mol. The third kappa shape index (κ3) is 5.06. The lowest BCUT2D eigenvalue weighted by molar-refractivity contribution is 0.102. The van der Waals surface area contributed by atoms with Crippen LogP contribution in [0.5, 0.6) is 0 Å². The lowest BCUT2D eigenvalue weighted by Crippen LogP contribution is -2.13. The Kier molecular flexibility index (Phi) is 6.09. The molecule has 0 atom stereocenters. The molecule has 0 saturated heterocycles. The molecule has 126 valence electrons. The van der Waals surface area contributed by atoms with Crippen LogP contribution in [0.1, 0.15) is 21.5 Å². The van der Waals surface area contributed by atoms with Crippen molar-refractivity contribution < 1.29 is 4.79 Å². The second-order valence-electron chi connectivity index (χ2n) is 5.57. The van der Waals surface area contributed by atoms with Crippen molar-refractivity contribution in [2.45, 2.75) is 17.7 Å². The third-order valence-electron chi connectivity index (χ3n) is 3.65. The van der Waals surface area contributed by atoms with E-state index in [1.54, 1.807) is 18.0 Å². The second kappa shape index (κ2) is 8.49. The number of nitrogens with one attached hydrogen (secondary N) is 1. The van der Waals surface area contributed by atoms with Crippen molar-refractivity contribution in [1.82, 2.24) is 4.98 Å². The van der Waals surface area contributed by atoms with E-state index in [0.29, 0.717) is 5.56 Å². The van der Waals surface area contributed by atoms with E-state index in [1.807, 2.05) is 61.5 Å². The summed E-state index contributed by atoms with van der Waals surface area (Å²) < 4.78 is 1.15. The van der Waals surface area contributed by atoms with Crippen LogP contribution in [-0.4, -0.2) is 10.9 Å². The molecule has 0 fully saturated rings. The van der Waals surface area contributed by atoms with E-state index in [-0.39, 0.29) is 5.91 Å². The number of nitrogens with zero attached hydrogens (tertiary/aromatic N) is 1. The molecule has 3 aromatic rings. The van der Waals surface area contributed by atoms with Crippen molar-refractivity contribution >= 4 is 45.9 Å². The Morgan fingerprint density at radius 3 is 2.76 bits per heavy atom. The van der Waals surface area contributed by atoms with Crippen LogP contribution in [0.25, 0.3) is 0 Å². The highest BCUT2D eigenvalue weighted by atomic mass is 127. The number of amides is 1. The van der Waals surface area contributed by atoms with Crippen LogP contribution >= 0.6 is 34.4 Å². The van der Waals surface area contributed by atoms with Gasteiger partial charge in [0.15, 0.2) is 0 Å². The van der Waals surface area contributed by atoms with Gasteiger partial charge in [0.1, 0.15) is 0 Å². The minimum Gasteiger partial charge on any atom is -0.322 e. The molecule has 0 aliphatic rings. The van der Waals surface area contributed by atoms with Crippen LogP contribution in [0.15, 0.2) is 71.9 Å². The molecule has 0 unspecified atom stereocenters. The highest BCUT2D eigenvalue weighted by Crippen LogP contribution is 2.22. The van der Waals surface area contributed by atoms with Crippen molar-refractivity contribution in [2.75, 3.05) is 5.32 Å². The number of anilines is 1. The van der Waals surface area contributed by atoms with Crippen molar-refractivity contribution in [3.8, 4) is 0 Å². The molecule has 1 heterocycles. The molecule has 25 heavy (non-hydrogen) atoms. The molecular weight excluding hydrogens is 443 g/mol. The van der Waals surface area contributed by atoms with Crippen LogP contribution in [-0.2, 0) is 5.75 Å². The summed E-state index contributed by atoms with van der Waals surface area (Å²) in [4.78, 5) is 16.9. The van der Waals surface area contributed by atoms with Gasteiger partial charge in [-0.25, -0.2) is 4.98 Å².